The third-order valence-electron chi connectivity index (χ3n) is 4.65. The van der Waals surface area contributed by atoms with Gasteiger partial charge in [-0.2, -0.15) is 0 Å². The summed E-state index contributed by atoms with van der Waals surface area (Å²) >= 11 is 8.08. The third-order valence-corrected chi connectivity index (χ3v) is 6.14. The summed E-state index contributed by atoms with van der Waals surface area (Å²) in [6.07, 6.45) is 0.981. The topological polar surface area (TPSA) is 24.4 Å². The molecule has 1 heterocycles. The van der Waals surface area contributed by atoms with Gasteiger partial charge in [-0.3, -0.25) is 4.99 Å². The average molecular weight is 393 g/mol. The Labute approximate surface area is 169 Å². The van der Waals surface area contributed by atoms with Gasteiger partial charge in [-0.25, -0.2) is 0 Å². The van der Waals surface area contributed by atoms with Crippen molar-refractivity contribution in [3.8, 4) is 0 Å². The van der Waals surface area contributed by atoms with Crippen LogP contribution in [0.2, 0.25) is 5.02 Å². The molecule has 0 saturated carbocycles. The van der Waals surface area contributed by atoms with Crippen LogP contribution < -0.4 is 5.32 Å². The van der Waals surface area contributed by atoms with E-state index < -0.39 is 0 Å². The molecule has 0 aromatic heterocycles. The number of halogens is 1. The molecule has 1 aliphatic rings. The van der Waals surface area contributed by atoms with Crippen LogP contribution in [0.5, 0.6) is 0 Å². The minimum Gasteiger partial charge on any atom is -0.365 e. The van der Waals surface area contributed by atoms with E-state index in [0.29, 0.717) is 6.54 Å². The van der Waals surface area contributed by atoms with Crippen molar-refractivity contribution in [1.82, 2.24) is 5.32 Å². The maximum Gasteiger partial charge on any atom is 0.157 e. The molecule has 0 aliphatic carbocycles. The number of aliphatic imine (C=N–C) groups is 1. The van der Waals surface area contributed by atoms with Crippen LogP contribution >= 0.6 is 23.4 Å². The third kappa shape index (κ3) is 4.55. The first-order valence-corrected chi connectivity index (χ1v) is 10.4. The Morgan fingerprint density at radius 2 is 1.70 bits per heavy atom. The molecule has 1 aliphatic heterocycles. The summed E-state index contributed by atoms with van der Waals surface area (Å²) in [4.78, 5) is 4.83. The molecule has 0 fully saturated rings. The number of hydrogen-bond donors (Lipinski definition) is 1. The first-order valence-electron chi connectivity index (χ1n) is 9.12. The summed E-state index contributed by atoms with van der Waals surface area (Å²) in [5.74, 6) is 0. The van der Waals surface area contributed by atoms with Gasteiger partial charge in [0.2, 0.25) is 0 Å². The van der Waals surface area contributed by atoms with E-state index in [2.05, 4.69) is 78.1 Å². The number of thioether (sulfide) groups is 1. The maximum absolute atomic E-state index is 6.31. The normalized spacial score (nSPS) is 16.2. The van der Waals surface area contributed by atoms with E-state index in [1.54, 1.807) is 11.8 Å². The van der Waals surface area contributed by atoms with Gasteiger partial charge in [0.25, 0.3) is 0 Å². The van der Waals surface area contributed by atoms with E-state index in [4.69, 9.17) is 16.6 Å². The molecule has 0 radical (unpaired) electrons. The fourth-order valence-electron chi connectivity index (χ4n) is 3.25. The molecule has 27 heavy (non-hydrogen) atoms. The van der Waals surface area contributed by atoms with Crippen molar-refractivity contribution in [3.63, 3.8) is 0 Å². The molecular formula is C23H21ClN2S. The molecule has 4 heteroatoms. The fourth-order valence-corrected chi connectivity index (χ4v) is 4.62. The zero-order chi connectivity index (χ0) is 18.5. The minimum absolute atomic E-state index is 0.186. The standard InChI is InChI=1S/C23H21ClN2S/c24-20-12-11-19-16-26-23(25-14-13-17-7-3-1-4-8-17)27-22(21(19)15-20)18-9-5-2-6-10-18/h1-12,15,22H,13-14,16H2,(H,25,26). The highest BCUT2D eigenvalue weighted by molar-refractivity contribution is 8.14. The second-order valence-corrected chi connectivity index (χ2v) is 8.07. The second kappa shape index (κ2) is 8.64. The van der Waals surface area contributed by atoms with Gasteiger partial charge >= 0.3 is 0 Å². The van der Waals surface area contributed by atoms with Crippen molar-refractivity contribution in [2.24, 2.45) is 4.99 Å². The molecule has 136 valence electrons. The Morgan fingerprint density at radius 3 is 2.48 bits per heavy atom. The Balaban J connectivity index is 1.54. The van der Waals surface area contributed by atoms with Crippen LogP contribution in [0.1, 0.15) is 27.5 Å². The molecule has 3 aromatic carbocycles. The summed E-state index contributed by atoms with van der Waals surface area (Å²) < 4.78 is 0. The highest BCUT2D eigenvalue weighted by Gasteiger charge is 2.23. The Hall–Kier alpha value is -2.23. The predicted octanol–water partition coefficient (Wildman–Crippen LogP) is 5.86. The van der Waals surface area contributed by atoms with Gasteiger partial charge in [-0.15, -0.1) is 0 Å². The van der Waals surface area contributed by atoms with Crippen molar-refractivity contribution >= 4 is 28.5 Å². The van der Waals surface area contributed by atoms with E-state index in [1.165, 1.54) is 22.3 Å². The summed E-state index contributed by atoms with van der Waals surface area (Å²) in [7, 11) is 0. The molecule has 3 aromatic rings. The number of nitrogens with zero attached hydrogens (tertiary/aromatic N) is 1. The highest BCUT2D eigenvalue weighted by atomic mass is 35.5. The fraction of sp³-hybridized carbons (Fsp3) is 0.174. The largest absolute Gasteiger partial charge is 0.365 e. The Kier molecular flexibility index (Phi) is 5.81. The van der Waals surface area contributed by atoms with Gasteiger partial charge in [0.1, 0.15) is 0 Å². The second-order valence-electron chi connectivity index (χ2n) is 6.54. The summed E-state index contributed by atoms with van der Waals surface area (Å²) in [5.41, 5.74) is 5.09. The minimum atomic E-state index is 0.186. The van der Waals surface area contributed by atoms with E-state index >= 15 is 0 Å². The Morgan fingerprint density at radius 1 is 0.963 bits per heavy atom. The summed E-state index contributed by atoms with van der Waals surface area (Å²) in [5, 5.41) is 5.49. The van der Waals surface area contributed by atoms with Crippen LogP contribution in [0, 0.1) is 0 Å². The van der Waals surface area contributed by atoms with Crippen molar-refractivity contribution in [2.45, 2.75) is 18.2 Å². The molecule has 1 N–H and O–H groups in total. The van der Waals surface area contributed by atoms with Crippen LogP contribution in [0.3, 0.4) is 0 Å². The van der Waals surface area contributed by atoms with Gasteiger partial charge in [0, 0.05) is 11.6 Å². The maximum atomic E-state index is 6.31. The predicted molar refractivity (Wildman–Crippen MR) is 117 cm³/mol. The number of rotatable bonds is 4. The highest BCUT2D eigenvalue weighted by Crippen LogP contribution is 2.40. The number of fused-ring (bicyclic) bond motifs is 1. The SMILES string of the molecule is Clc1ccc2c(c1)C(c1ccccc1)SC(NCCc1ccccc1)=NC2. The molecule has 0 saturated heterocycles. The van der Waals surface area contributed by atoms with Crippen molar-refractivity contribution in [3.05, 3.63) is 106 Å². The zero-order valence-corrected chi connectivity index (χ0v) is 16.5. The van der Waals surface area contributed by atoms with Gasteiger partial charge in [-0.05, 0) is 40.8 Å². The molecule has 0 bridgehead atoms. The van der Waals surface area contributed by atoms with Crippen LogP contribution in [0.4, 0.5) is 0 Å². The van der Waals surface area contributed by atoms with Gasteiger partial charge < -0.3 is 5.32 Å². The van der Waals surface area contributed by atoms with Crippen molar-refractivity contribution < 1.29 is 0 Å². The molecule has 1 atom stereocenters. The number of hydrogen-bond acceptors (Lipinski definition) is 3. The van der Waals surface area contributed by atoms with E-state index in [-0.39, 0.29) is 5.25 Å². The van der Waals surface area contributed by atoms with Crippen LogP contribution in [0.25, 0.3) is 0 Å². The smallest absolute Gasteiger partial charge is 0.157 e. The molecule has 1 unspecified atom stereocenters. The molecule has 4 rings (SSSR count). The Bertz CT molecular complexity index is 926. The lowest BCUT2D eigenvalue weighted by atomic mass is 9.99. The molecule has 2 nitrogen and oxygen atoms in total. The van der Waals surface area contributed by atoms with Gasteiger partial charge in [0.15, 0.2) is 5.17 Å². The summed E-state index contributed by atoms with van der Waals surface area (Å²) in [6.45, 7) is 1.55. The number of nitrogens with one attached hydrogen (secondary N) is 1. The molecule has 0 spiro atoms. The number of amidine groups is 1. The van der Waals surface area contributed by atoms with Crippen molar-refractivity contribution in [2.75, 3.05) is 6.54 Å². The van der Waals surface area contributed by atoms with Gasteiger partial charge in [0.05, 0.1) is 11.8 Å². The lowest BCUT2D eigenvalue weighted by Crippen LogP contribution is -2.23. The van der Waals surface area contributed by atoms with Gasteiger partial charge in [-0.1, -0.05) is 90.1 Å². The average Bonchev–Trinajstić information content (AvgIpc) is 2.89. The first-order chi connectivity index (χ1) is 13.3. The lowest BCUT2D eigenvalue weighted by Gasteiger charge is -2.19. The van der Waals surface area contributed by atoms with E-state index in [9.17, 15) is 0 Å². The number of benzene rings is 3. The van der Waals surface area contributed by atoms with Crippen molar-refractivity contribution in [1.29, 1.82) is 0 Å². The van der Waals surface area contributed by atoms with E-state index in [1.807, 2.05) is 6.07 Å². The van der Waals surface area contributed by atoms with E-state index in [0.717, 1.165) is 23.2 Å². The molecule has 0 amide bonds. The molecular weight excluding hydrogens is 372 g/mol. The zero-order valence-electron chi connectivity index (χ0n) is 14.9. The first kappa shape index (κ1) is 18.1. The van der Waals surface area contributed by atoms with Crippen LogP contribution in [-0.4, -0.2) is 11.7 Å². The quantitative estimate of drug-likeness (QED) is 0.600. The monoisotopic (exact) mass is 392 g/mol. The van der Waals surface area contributed by atoms with Crippen LogP contribution in [-0.2, 0) is 13.0 Å². The summed E-state index contributed by atoms with van der Waals surface area (Å²) in [6, 6.07) is 27.3. The lowest BCUT2D eigenvalue weighted by molar-refractivity contribution is 0.867. The van der Waals surface area contributed by atoms with Crippen LogP contribution in [0.15, 0.2) is 83.9 Å².